The minimum absolute atomic E-state index is 0.202. The molecule has 0 saturated carbocycles. The number of anilines is 1. The van der Waals surface area contributed by atoms with Crippen molar-refractivity contribution in [1.82, 2.24) is 14.1 Å². The summed E-state index contributed by atoms with van der Waals surface area (Å²) in [5.41, 5.74) is 1.40. The molecule has 1 aromatic carbocycles. The Morgan fingerprint density at radius 2 is 1.82 bits per heavy atom. The number of hydrogen-bond donors (Lipinski definition) is 1. The van der Waals surface area contributed by atoms with Gasteiger partial charge in [0.25, 0.3) is 11.5 Å². The highest BCUT2D eigenvalue weighted by Crippen LogP contribution is 2.23. The molecule has 8 heteroatoms. The lowest BCUT2D eigenvalue weighted by Gasteiger charge is -2.15. The Morgan fingerprint density at radius 3 is 2.46 bits per heavy atom. The molecule has 3 rings (SSSR count). The molecular weight excluding hydrogens is 360 g/mol. The Balaban J connectivity index is 1.97. The van der Waals surface area contributed by atoms with Crippen LogP contribution in [0, 0.1) is 6.92 Å². The maximum absolute atomic E-state index is 12.7. The van der Waals surface area contributed by atoms with E-state index in [4.69, 9.17) is 4.74 Å². The van der Waals surface area contributed by atoms with Crippen molar-refractivity contribution in [3.8, 4) is 5.75 Å². The molecule has 2 aromatic heterocycles. The van der Waals surface area contributed by atoms with Gasteiger partial charge in [-0.2, -0.15) is 0 Å². The van der Waals surface area contributed by atoms with E-state index in [9.17, 15) is 14.4 Å². The van der Waals surface area contributed by atoms with Gasteiger partial charge < -0.3 is 10.1 Å². The van der Waals surface area contributed by atoms with Gasteiger partial charge in [0.15, 0.2) is 12.3 Å². The molecule has 0 aliphatic heterocycles. The zero-order chi connectivity index (χ0) is 20.4. The first-order valence-corrected chi connectivity index (χ1v) is 8.90. The Kier molecular flexibility index (Phi) is 5.30. The van der Waals surface area contributed by atoms with Crippen molar-refractivity contribution in [2.45, 2.75) is 20.3 Å². The number of fused-ring (bicyclic) bond motifs is 1. The standard InChI is InChI=1S/C20H22N4O4/c1-5-13-10-21-18-16(19(26)24(4)20(27)23(18)3)17(13)22-15(25)11-28-14-8-6-12(2)7-9-14/h6-10H,5,11H2,1-4H3,(H,21,22,25). The number of aryl methyl sites for hydroxylation is 3. The molecule has 28 heavy (non-hydrogen) atoms. The lowest BCUT2D eigenvalue weighted by Crippen LogP contribution is -2.38. The van der Waals surface area contributed by atoms with Gasteiger partial charge in [0, 0.05) is 20.3 Å². The number of carbonyl (C=O) groups excluding carboxylic acids is 1. The number of pyridine rings is 1. The number of hydrogen-bond acceptors (Lipinski definition) is 5. The summed E-state index contributed by atoms with van der Waals surface area (Å²) >= 11 is 0. The molecule has 0 bridgehead atoms. The van der Waals surface area contributed by atoms with E-state index in [0.717, 1.165) is 10.1 Å². The van der Waals surface area contributed by atoms with E-state index in [1.54, 1.807) is 18.3 Å². The summed E-state index contributed by atoms with van der Waals surface area (Å²) < 4.78 is 7.80. The van der Waals surface area contributed by atoms with Crippen LogP contribution in [0.1, 0.15) is 18.1 Å². The third-order valence-corrected chi connectivity index (χ3v) is 4.58. The smallest absolute Gasteiger partial charge is 0.332 e. The van der Waals surface area contributed by atoms with Crippen LogP contribution in [0.5, 0.6) is 5.75 Å². The number of amides is 1. The van der Waals surface area contributed by atoms with Gasteiger partial charge in [0.1, 0.15) is 11.1 Å². The maximum atomic E-state index is 12.7. The Bertz CT molecular complexity index is 1160. The highest BCUT2D eigenvalue weighted by atomic mass is 16.5. The third kappa shape index (κ3) is 3.53. The molecule has 146 valence electrons. The number of aromatic nitrogens is 3. The third-order valence-electron chi connectivity index (χ3n) is 4.58. The van der Waals surface area contributed by atoms with Crippen molar-refractivity contribution in [2.75, 3.05) is 11.9 Å². The predicted octanol–water partition coefficient (Wildman–Crippen LogP) is 1.52. The molecule has 0 aliphatic carbocycles. The number of nitrogens with zero attached hydrogens (tertiary/aromatic N) is 3. The second kappa shape index (κ2) is 7.67. The number of rotatable bonds is 5. The summed E-state index contributed by atoms with van der Waals surface area (Å²) in [7, 11) is 2.93. The highest BCUT2D eigenvalue weighted by molar-refractivity contribution is 6.01. The molecule has 1 N–H and O–H groups in total. The van der Waals surface area contributed by atoms with Crippen LogP contribution in [-0.4, -0.2) is 26.6 Å². The van der Waals surface area contributed by atoms with Gasteiger partial charge in [0.05, 0.1) is 5.69 Å². The quantitative estimate of drug-likeness (QED) is 0.722. The van der Waals surface area contributed by atoms with Crippen LogP contribution in [-0.2, 0) is 25.3 Å². The van der Waals surface area contributed by atoms with Gasteiger partial charge >= 0.3 is 5.69 Å². The molecule has 0 aliphatic rings. The highest BCUT2D eigenvalue weighted by Gasteiger charge is 2.18. The number of carbonyl (C=O) groups is 1. The minimum Gasteiger partial charge on any atom is -0.484 e. The summed E-state index contributed by atoms with van der Waals surface area (Å²) in [5.74, 6) is 0.174. The van der Waals surface area contributed by atoms with Crippen molar-refractivity contribution in [1.29, 1.82) is 0 Å². The zero-order valence-electron chi connectivity index (χ0n) is 16.3. The van der Waals surface area contributed by atoms with E-state index in [0.29, 0.717) is 23.4 Å². The summed E-state index contributed by atoms with van der Waals surface area (Å²) in [5, 5.41) is 2.97. The van der Waals surface area contributed by atoms with Crippen molar-refractivity contribution in [3.63, 3.8) is 0 Å². The average Bonchev–Trinajstić information content (AvgIpc) is 2.70. The van der Waals surface area contributed by atoms with Crippen LogP contribution in [0.4, 0.5) is 5.69 Å². The van der Waals surface area contributed by atoms with Gasteiger partial charge in [-0.1, -0.05) is 24.6 Å². The fourth-order valence-corrected chi connectivity index (χ4v) is 2.94. The molecule has 3 aromatic rings. The predicted molar refractivity (Wildman–Crippen MR) is 107 cm³/mol. The molecule has 0 radical (unpaired) electrons. The number of nitrogens with one attached hydrogen (secondary N) is 1. The lowest BCUT2D eigenvalue weighted by molar-refractivity contribution is -0.118. The fraction of sp³-hybridized carbons (Fsp3) is 0.300. The average molecular weight is 382 g/mol. The van der Waals surface area contributed by atoms with Crippen molar-refractivity contribution in [3.05, 3.63) is 62.4 Å². The lowest BCUT2D eigenvalue weighted by atomic mass is 10.1. The van der Waals surface area contributed by atoms with E-state index in [1.165, 1.54) is 18.7 Å². The first-order valence-electron chi connectivity index (χ1n) is 8.90. The van der Waals surface area contributed by atoms with Crippen LogP contribution in [0.3, 0.4) is 0 Å². The van der Waals surface area contributed by atoms with Gasteiger partial charge in [-0.15, -0.1) is 0 Å². The van der Waals surface area contributed by atoms with E-state index >= 15 is 0 Å². The summed E-state index contributed by atoms with van der Waals surface area (Å²) in [4.78, 5) is 41.6. The zero-order valence-corrected chi connectivity index (χ0v) is 16.3. The molecule has 0 spiro atoms. The topological polar surface area (TPSA) is 95.2 Å². The van der Waals surface area contributed by atoms with Crippen LogP contribution in [0.25, 0.3) is 11.0 Å². The molecule has 0 atom stereocenters. The normalized spacial score (nSPS) is 10.9. The van der Waals surface area contributed by atoms with Crippen LogP contribution in [0.15, 0.2) is 40.1 Å². The van der Waals surface area contributed by atoms with Crippen molar-refractivity contribution in [2.24, 2.45) is 14.1 Å². The number of benzene rings is 1. The monoisotopic (exact) mass is 382 g/mol. The SMILES string of the molecule is CCc1cnc2c(c1NC(=O)COc1ccc(C)cc1)c(=O)n(C)c(=O)n2C. The largest absolute Gasteiger partial charge is 0.484 e. The van der Waals surface area contributed by atoms with Crippen LogP contribution in [0.2, 0.25) is 0 Å². The van der Waals surface area contributed by atoms with Crippen LogP contribution < -0.4 is 21.3 Å². The first-order chi connectivity index (χ1) is 13.3. The molecule has 8 nitrogen and oxygen atoms in total. The summed E-state index contributed by atoms with van der Waals surface area (Å²) in [6.45, 7) is 3.65. The van der Waals surface area contributed by atoms with Gasteiger partial charge in [0.2, 0.25) is 0 Å². The van der Waals surface area contributed by atoms with Crippen molar-refractivity contribution >= 4 is 22.6 Å². The molecule has 0 saturated heterocycles. The summed E-state index contributed by atoms with van der Waals surface area (Å²) in [6, 6.07) is 7.35. The van der Waals surface area contributed by atoms with E-state index in [-0.39, 0.29) is 17.6 Å². The fourth-order valence-electron chi connectivity index (χ4n) is 2.94. The Morgan fingerprint density at radius 1 is 1.14 bits per heavy atom. The Labute approximate surface area is 161 Å². The van der Waals surface area contributed by atoms with Crippen LogP contribution >= 0.6 is 0 Å². The second-order valence-corrected chi connectivity index (χ2v) is 6.57. The van der Waals surface area contributed by atoms with Gasteiger partial charge in [-0.25, -0.2) is 9.78 Å². The van der Waals surface area contributed by atoms with E-state index in [2.05, 4.69) is 10.3 Å². The maximum Gasteiger partial charge on any atom is 0.332 e. The molecular formula is C20H22N4O4. The van der Waals surface area contributed by atoms with Crippen molar-refractivity contribution < 1.29 is 9.53 Å². The number of ether oxygens (including phenoxy) is 1. The second-order valence-electron chi connectivity index (χ2n) is 6.57. The summed E-state index contributed by atoms with van der Waals surface area (Å²) in [6.07, 6.45) is 2.13. The Hall–Kier alpha value is -3.42. The van der Waals surface area contributed by atoms with E-state index < -0.39 is 17.2 Å². The molecule has 2 heterocycles. The molecule has 0 fully saturated rings. The van der Waals surface area contributed by atoms with E-state index in [1.807, 2.05) is 26.0 Å². The first kappa shape index (κ1) is 19.3. The van der Waals surface area contributed by atoms with Gasteiger partial charge in [-0.3, -0.25) is 18.7 Å². The van der Waals surface area contributed by atoms with Gasteiger partial charge in [-0.05, 0) is 31.0 Å². The molecule has 1 amide bonds. The minimum atomic E-state index is -0.504. The molecule has 0 unspecified atom stereocenters.